The van der Waals surface area contributed by atoms with E-state index in [1.54, 1.807) is 0 Å². The first-order valence-electron chi connectivity index (χ1n) is 8.54. The normalized spacial score (nSPS) is 14.8. The summed E-state index contributed by atoms with van der Waals surface area (Å²) in [5.74, 6) is 0. The van der Waals surface area contributed by atoms with Crippen molar-refractivity contribution in [1.82, 2.24) is 0 Å². The van der Waals surface area contributed by atoms with Crippen molar-refractivity contribution in [3.05, 3.63) is 95.2 Å². The third-order valence-electron chi connectivity index (χ3n) is 3.47. The molecule has 0 aromatic heterocycles. The largest absolute Gasteiger partial charge is 4.00 e. The Bertz CT molecular complexity index is 517. The number of rotatable bonds is 0. The Morgan fingerprint density at radius 1 is 0.467 bits per heavy atom. The van der Waals surface area contributed by atoms with E-state index in [2.05, 4.69) is 101 Å². The Hall–Kier alpha value is 0.677. The van der Waals surface area contributed by atoms with Crippen molar-refractivity contribution in [1.29, 1.82) is 0 Å². The Kier molecular flexibility index (Phi) is 43.9. The molecule has 4 rings (SSSR count). The molecule has 0 unspecified atom stereocenters. The molecule has 0 aliphatic heterocycles. The van der Waals surface area contributed by atoms with Crippen molar-refractivity contribution in [3.8, 4) is 0 Å². The Morgan fingerprint density at radius 2 is 0.633 bits per heavy atom. The van der Waals surface area contributed by atoms with Crippen molar-refractivity contribution in [2.24, 2.45) is 0 Å². The van der Waals surface area contributed by atoms with Gasteiger partial charge in [0.2, 0.25) is 0 Å². The average Bonchev–Trinajstić information content (AvgIpc) is 3.31. The summed E-state index contributed by atoms with van der Waals surface area (Å²) in [5.41, 5.74) is 5.09. The van der Waals surface area contributed by atoms with Gasteiger partial charge in [0.25, 0.3) is 0 Å². The first-order chi connectivity index (χ1) is 11.6. The fraction of sp³-hybridized carbons (Fsp3) is 0.333. The smallest absolute Gasteiger partial charge is 1.00 e. The molecule has 0 aromatic rings. The van der Waals surface area contributed by atoms with E-state index in [1.807, 2.05) is 0 Å². The van der Waals surface area contributed by atoms with Gasteiger partial charge in [-0.2, -0.15) is 24.3 Å². The van der Waals surface area contributed by atoms with Crippen LogP contribution < -0.4 is 49.6 Å². The molecule has 0 amide bonds. The van der Waals surface area contributed by atoms with Gasteiger partial charge in [0, 0.05) is 0 Å². The van der Waals surface area contributed by atoms with Crippen LogP contribution in [-0.4, -0.2) is 0 Å². The number of allylic oxidation sites excluding steroid dienone is 16. The maximum Gasteiger partial charge on any atom is 4.00 e. The van der Waals surface area contributed by atoms with Gasteiger partial charge in [-0.05, 0) is 0 Å². The third-order valence-corrected chi connectivity index (χ3v) is 3.47. The van der Waals surface area contributed by atoms with Crippen LogP contribution in [0.5, 0.6) is 0 Å². The molecule has 0 atom stereocenters. The molecule has 0 spiro atoms. The van der Waals surface area contributed by atoms with Crippen LogP contribution in [-0.2, 0) is 47.9 Å². The molecule has 4 aliphatic carbocycles. The molecule has 0 radical (unpaired) electrons. The summed E-state index contributed by atoms with van der Waals surface area (Å²) in [6.45, 7) is 8.24. The molecular formula is C24H28Cl4TiZr. The van der Waals surface area contributed by atoms with Crippen LogP contribution in [0.15, 0.2) is 70.9 Å². The quantitative estimate of drug-likeness (QED) is 0.194. The summed E-state index contributed by atoms with van der Waals surface area (Å²) in [5, 5.41) is 0. The van der Waals surface area contributed by atoms with E-state index in [9.17, 15) is 0 Å². The number of hydrogen-bond acceptors (Lipinski definition) is 0. The van der Waals surface area contributed by atoms with Gasteiger partial charge in [0.1, 0.15) is 0 Å². The molecule has 6 heteroatoms. The van der Waals surface area contributed by atoms with E-state index in [0.29, 0.717) is 0 Å². The summed E-state index contributed by atoms with van der Waals surface area (Å²) in [6, 6.07) is 0. The van der Waals surface area contributed by atoms with E-state index < -0.39 is 0 Å². The van der Waals surface area contributed by atoms with Crippen LogP contribution in [0.4, 0.5) is 0 Å². The maximum absolute atomic E-state index is 3.12. The van der Waals surface area contributed by atoms with E-state index in [-0.39, 0.29) is 97.5 Å². The minimum absolute atomic E-state index is 0. The van der Waals surface area contributed by atoms with E-state index in [1.165, 1.54) is 22.3 Å². The molecule has 0 fully saturated rings. The van der Waals surface area contributed by atoms with Gasteiger partial charge < -0.3 is 49.6 Å². The second-order valence-electron chi connectivity index (χ2n) is 5.87. The van der Waals surface area contributed by atoms with E-state index >= 15 is 0 Å². The molecule has 0 aromatic carbocycles. The molecule has 160 valence electrons. The van der Waals surface area contributed by atoms with Gasteiger partial charge >= 0.3 is 47.9 Å². The molecule has 0 nitrogen and oxygen atoms in total. The van der Waals surface area contributed by atoms with Crippen molar-refractivity contribution in [3.63, 3.8) is 0 Å². The van der Waals surface area contributed by atoms with Gasteiger partial charge in [-0.3, -0.25) is 24.3 Å². The topological polar surface area (TPSA) is 0 Å². The fourth-order valence-electron chi connectivity index (χ4n) is 2.06. The molecule has 0 bridgehead atoms. The van der Waals surface area contributed by atoms with Gasteiger partial charge in [-0.15, -0.1) is 25.7 Å². The molecule has 4 aliphatic rings. The second-order valence-corrected chi connectivity index (χ2v) is 5.87. The van der Waals surface area contributed by atoms with Crippen LogP contribution in [0.3, 0.4) is 0 Å². The van der Waals surface area contributed by atoms with Crippen LogP contribution in [0, 0.1) is 24.3 Å². The zero-order chi connectivity index (χ0) is 17.6. The third kappa shape index (κ3) is 26.7. The Labute approximate surface area is 243 Å². The summed E-state index contributed by atoms with van der Waals surface area (Å²) in [7, 11) is 0. The van der Waals surface area contributed by atoms with Gasteiger partial charge in [0.05, 0.1) is 0 Å². The van der Waals surface area contributed by atoms with Crippen LogP contribution in [0.25, 0.3) is 0 Å². The monoisotopic (exact) mass is 594 g/mol. The van der Waals surface area contributed by atoms with Crippen molar-refractivity contribution in [2.75, 3.05) is 0 Å². The molecule has 30 heavy (non-hydrogen) atoms. The van der Waals surface area contributed by atoms with Gasteiger partial charge in [0.15, 0.2) is 0 Å². The van der Waals surface area contributed by atoms with Gasteiger partial charge in [-0.1, -0.05) is 27.7 Å². The predicted molar refractivity (Wildman–Crippen MR) is 105 cm³/mol. The summed E-state index contributed by atoms with van der Waals surface area (Å²) in [4.78, 5) is 0. The Balaban J connectivity index is -0.0000000600. The molecule has 0 heterocycles. The molecular weight excluding hydrogens is 569 g/mol. The first kappa shape index (κ1) is 44.4. The van der Waals surface area contributed by atoms with Crippen molar-refractivity contribution < 1.29 is 97.5 Å². The molecule has 0 saturated heterocycles. The van der Waals surface area contributed by atoms with Crippen LogP contribution in [0.2, 0.25) is 0 Å². The van der Waals surface area contributed by atoms with Crippen LogP contribution in [0.1, 0.15) is 53.4 Å². The minimum atomic E-state index is 0. The second kappa shape index (κ2) is 29.7. The number of halogens is 4. The van der Waals surface area contributed by atoms with E-state index in [0.717, 1.165) is 25.7 Å². The minimum Gasteiger partial charge on any atom is -1.00 e. The summed E-state index contributed by atoms with van der Waals surface area (Å²) >= 11 is 0. The average molecular weight is 597 g/mol. The van der Waals surface area contributed by atoms with Gasteiger partial charge in [-0.25, -0.2) is 46.6 Å². The van der Waals surface area contributed by atoms with Crippen molar-refractivity contribution in [2.45, 2.75) is 53.4 Å². The zero-order valence-corrected chi connectivity index (χ0v) is 25.0. The number of hydrogen-bond donors (Lipinski definition) is 0. The Morgan fingerprint density at radius 3 is 0.667 bits per heavy atom. The predicted octanol–water partition coefficient (Wildman–Crippen LogP) is -5.21. The summed E-state index contributed by atoms with van der Waals surface area (Å²) in [6.07, 6.45) is 33.3. The van der Waals surface area contributed by atoms with Crippen molar-refractivity contribution >= 4 is 0 Å². The zero-order valence-electron chi connectivity index (χ0n) is 18.0. The summed E-state index contributed by atoms with van der Waals surface area (Å²) < 4.78 is 0. The molecule has 0 N–H and O–H groups in total. The maximum atomic E-state index is 3.12. The fourth-order valence-corrected chi connectivity index (χ4v) is 2.06. The first-order valence-corrected chi connectivity index (χ1v) is 8.54. The molecule has 0 saturated carbocycles. The SMILES string of the molecule is CC1=[C-]CC=C1.CC1=[C-]CC=C1.CC1=[C-]CC=C1.CC1=[C-]CC=C1.[Cl-].[Cl-].[Cl-].[Cl-].[Ti+4].[Zr+4]. The standard InChI is InChI=1S/4C6H7.4ClH.Ti.Zr/c4*1-6-4-2-3-5-6;;;;;;/h4*2,4H,3H2,1H3;4*1H;;/q4*-1;;;;;2*+4/p-4. The van der Waals surface area contributed by atoms with Crippen LogP contribution >= 0.6 is 0 Å². The van der Waals surface area contributed by atoms with E-state index in [4.69, 9.17) is 0 Å².